The van der Waals surface area contributed by atoms with Crippen LogP contribution in [0.1, 0.15) is 26.3 Å². The zero-order valence-electron chi connectivity index (χ0n) is 19.6. The van der Waals surface area contributed by atoms with Gasteiger partial charge in [-0.05, 0) is 11.6 Å². The lowest BCUT2D eigenvalue weighted by molar-refractivity contribution is -0.141. The van der Waals surface area contributed by atoms with Crippen molar-refractivity contribution in [3.05, 3.63) is 108 Å². The van der Waals surface area contributed by atoms with Gasteiger partial charge in [0.2, 0.25) is 16.1 Å². The summed E-state index contributed by atoms with van der Waals surface area (Å²) in [5, 5.41) is 11.8. The molecule has 37 heavy (non-hydrogen) atoms. The van der Waals surface area contributed by atoms with E-state index in [-0.39, 0.29) is 22.4 Å². The minimum absolute atomic E-state index is 0.00221. The number of H-pyrrole nitrogens is 1. The van der Waals surface area contributed by atoms with Crippen LogP contribution in [0.5, 0.6) is 0 Å². The summed E-state index contributed by atoms with van der Waals surface area (Å²) in [5.41, 5.74) is 2.51. The van der Waals surface area contributed by atoms with E-state index in [1.54, 1.807) is 66.9 Å². The van der Waals surface area contributed by atoms with Crippen molar-refractivity contribution >= 4 is 56.5 Å². The van der Waals surface area contributed by atoms with E-state index in [1.165, 1.54) is 0 Å². The van der Waals surface area contributed by atoms with Crippen LogP contribution in [0.3, 0.4) is 0 Å². The molecule has 0 unspecified atom stereocenters. The molecule has 0 aliphatic rings. The number of carboxylic acids is 1. The van der Waals surface area contributed by atoms with Gasteiger partial charge in [-0.2, -0.15) is 0 Å². The van der Waals surface area contributed by atoms with Crippen LogP contribution < -0.4 is 5.32 Å². The highest BCUT2D eigenvalue weighted by Gasteiger charge is 2.29. The van der Waals surface area contributed by atoms with Crippen LogP contribution >= 0.6 is 23.5 Å². The minimum atomic E-state index is -1.21. The van der Waals surface area contributed by atoms with Crippen molar-refractivity contribution in [1.29, 1.82) is 0 Å². The number of carboxylic acid groups (broad SMARTS) is 1. The van der Waals surface area contributed by atoms with Gasteiger partial charge in [-0.3, -0.25) is 14.4 Å². The van der Waals surface area contributed by atoms with E-state index in [4.69, 9.17) is 0 Å². The van der Waals surface area contributed by atoms with Crippen molar-refractivity contribution in [3.8, 4) is 0 Å². The zero-order chi connectivity index (χ0) is 26.2. The number of amides is 1. The number of thioether (sulfide) groups is 2. The lowest BCUT2D eigenvalue weighted by atomic mass is 10.0. The molecule has 0 saturated carbocycles. The molecule has 1 aromatic heterocycles. The van der Waals surface area contributed by atoms with Gasteiger partial charge in [-0.15, -0.1) is 0 Å². The molecule has 0 aliphatic heterocycles. The minimum Gasteiger partial charge on any atom is -0.480 e. The summed E-state index contributed by atoms with van der Waals surface area (Å²) < 4.78 is 0. The Labute approximate surface area is 222 Å². The molecular weight excluding hydrogens is 508 g/mol. The first-order valence-electron chi connectivity index (χ1n) is 11.5. The molecule has 4 rings (SSSR count). The fourth-order valence-corrected chi connectivity index (χ4v) is 5.67. The molecule has 0 aliphatic carbocycles. The summed E-state index contributed by atoms with van der Waals surface area (Å²) in [6.07, 6.45) is 1.79. The third kappa shape index (κ3) is 6.90. The van der Waals surface area contributed by atoms with Crippen molar-refractivity contribution in [3.63, 3.8) is 0 Å². The number of para-hydroxylation sites is 1. The van der Waals surface area contributed by atoms with Gasteiger partial charge in [0.25, 0.3) is 0 Å². The maximum absolute atomic E-state index is 13.3. The number of nitrogens with one attached hydrogen (secondary N) is 2. The third-order valence-corrected chi connectivity index (χ3v) is 7.96. The molecular formula is C28H24N2O5S2. The highest BCUT2D eigenvalue weighted by atomic mass is 32.2. The molecule has 3 N–H and O–H groups in total. The molecule has 0 spiro atoms. The fourth-order valence-electron chi connectivity index (χ4n) is 3.73. The van der Waals surface area contributed by atoms with Gasteiger partial charge in [-0.1, -0.05) is 102 Å². The van der Waals surface area contributed by atoms with E-state index in [0.29, 0.717) is 11.1 Å². The molecule has 7 nitrogen and oxygen atoms in total. The summed E-state index contributed by atoms with van der Waals surface area (Å²) in [7, 11) is 0. The van der Waals surface area contributed by atoms with Crippen LogP contribution in [0.4, 0.5) is 0 Å². The number of aromatic nitrogens is 1. The Morgan fingerprint density at radius 1 is 0.811 bits per heavy atom. The van der Waals surface area contributed by atoms with E-state index in [1.807, 2.05) is 24.3 Å². The largest absolute Gasteiger partial charge is 0.480 e. The van der Waals surface area contributed by atoms with E-state index in [9.17, 15) is 24.3 Å². The second-order valence-corrected chi connectivity index (χ2v) is 10.4. The number of hydrogen-bond acceptors (Lipinski definition) is 6. The summed E-state index contributed by atoms with van der Waals surface area (Å²) in [5.74, 6) is -1.80. The number of carbonyl (C=O) groups is 4. The van der Waals surface area contributed by atoms with Gasteiger partial charge in [0, 0.05) is 40.4 Å². The predicted molar refractivity (Wildman–Crippen MR) is 147 cm³/mol. The number of hydrogen-bond donors (Lipinski definition) is 3. The molecule has 1 heterocycles. The normalized spacial score (nSPS) is 12.5. The maximum atomic E-state index is 13.3. The van der Waals surface area contributed by atoms with Gasteiger partial charge in [-0.25, -0.2) is 4.79 Å². The molecule has 9 heteroatoms. The van der Waals surface area contributed by atoms with Crippen LogP contribution in [0.2, 0.25) is 0 Å². The number of rotatable bonds is 10. The molecule has 0 saturated heterocycles. The smallest absolute Gasteiger partial charge is 0.326 e. The predicted octanol–water partition coefficient (Wildman–Crippen LogP) is 4.80. The average Bonchev–Trinajstić information content (AvgIpc) is 3.34. The van der Waals surface area contributed by atoms with Crippen molar-refractivity contribution in [2.45, 2.75) is 17.7 Å². The Morgan fingerprint density at radius 2 is 1.41 bits per heavy atom. The monoisotopic (exact) mass is 532 g/mol. The van der Waals surface area contributed by atoms with E-state index >= 15 is 0 Å². The van der Waals surface area contributed by atoms with E-state index in [0.717, 1.165) is 40.0 Å². The van der Waals surface area contributed by atoms with E-state index in [2.05, 4.69) is 10.3 Å². The van der Waals surface area contributed by atoms with Gasteiger partial charge in [0.15, 0.2) is 0 Å². The van der Waals surface area contributed by atoms with Crippen molar-refractivity contribution < 1.29 is 24.3 Å². The van der Waals surface area contributed by atoms with Gasteiger partial charge in [0.1, 0.15) is 11.3 Å². The Morgan fingerprint density at radius 3 is 2.05 bits per heavy atom. The van der Waals surface area contributed by atoms with E-state index < -0.39 is 23.2 Å². The first-order chi connectivity index (χ1) is 17.9. The lowest BCUT2D eigenvalue weighted by Crippen LogP contribution is -2.46. The summed E-state index contributed by atoms with van der Waals surface area (Å²) in [6.45, 7) is 0. The van der Waals surface area contributed by atoms with Crippen molar-refractivity contribution in [2.24, 2.45) is 0 Å². The molecule has 4 aromatic rings. The molecule has 2 atom stereocenters. The number of benzene rings is 3. The van der Waals surface area contributed by atoms with Gasteiger partial charge >= 0.3 is 5.97 Å². The SMILES string of the molecule is O=C(SC[C@@H](SC(=O)c1ccccc1)C(=O)N[C@@H](Cc1c[nH]c2ccccc12)C(=O)O)c1ccccc1. The van der Waals surface area contributed by atoms with Crippen molar-refractivity contribution in [2.75, 3.05) is 5.75 Å². The summed E-state index contributed by atoms with van der Waals surface area (Å²) >= 11 is 1.70. The highest BCUT2D eigenvalue weighted by Crippen LogP contribution is 2.25. The van der Waals surface area contributed by atoms with Crippen LogP contribution in [0, 0.1) is 0 Å². The molecule has 1 amide bonds. The number of carbonyl (C=O) groups excluding carboxylic acids is 3. The first kappa shape index (κ1) is 26.2. The van der Waals surface area contributed by atoms with Crippen molar-refractivity contribution in [1.82, 2.24) is 10.3 Å². The van der Waals surface area contributed by atoms with Gasteiger partial charge < -0.3 is 15.4 Å². The first-order valence-corrected chi connectivity index (χ1v) is 13.4. The standard InChI is InChI=1S/C28H24N2O5S2/c31-25(30-23(26(32)33)15-20-16-29-22-14-8-7-13-21(20)22)24(37-28(35)19-11-5-2-6-12-19)17-36-27(34)18-9-3-1-4-10-18/h1-14,16,23-24,29H,15,17H2,(H,30,31)(H,32,33)/t23-,24+/m0/s1. The highest BCUT2D eigenvalue weighted by molar-refractivity contribution is 8.18. The lowest BCUT2D eigenvalue weighted by Gasteiger charge is -2.19. The topological polar surface area (TPSA) is 116 Å². The van der Waals surface area contributed by atoms with Crippen LogP contribution in [0.15, 0.2) is 91.1 Å². The molecule has 0 bridgehead atoms. The summed E-state index contributed by atoms with van der Waals surface area (Å²) in [6, 6.07) is 23.4. The van der Waals surface area contributed by atoms with Gasteiger partial charge in [0.05, 0.1) is 0 Å². The molecule has 3 aromatic carbocycles. The Hall–Kier alpha value is -3.82. The molecule has 0 radical (unpaired) electrons. The fraction of sp³-hybridized carbons (Fsp3) is 0.143. The zero-order valence-corrected chi connectivity index (χ0v) is 21.3. The maximum Gasteiger partial charge on any atom is 0.326 e. The summed E-state index contributed by atoms with van der Waals surface area (Å²) in [4.78, 5) is 53.9. The Kier molecular flexibility index (Phi) is 8.81. The molecule has 188 valence electrons. The third-order valence-electron chi connectivity index (χ3n) is 5.64. The number of fused-ring (bicyclic) bond motifs is 1. The number of aliphatic carboxylic acids is 1. The molecule has 0 fully saturated rings. The van der Waals surface area contributed by atoms with Crippen LogP contribution in [0.25, 0.3) is 10.9 Å². The van der Waals surface area contributed by atoms with Crippen LogP contribution in [-0.2, 0) is 16.0 Å². The Balaban J connectivity index is 1.50. The quantitative estimate of drug-likeness (QED) is 0.269. The second-order valence-electron chi connectivity index (χ2n) is 8.19. The Bertz CT molecular complexity index is 1410. The van der Waals surface area contributed by atoms with Crippen LogP contribution in [-0.4, -0.2) is 49.2 Å². The second kappa shape index (κ2) is 12.4. The average molecular weight is 533 g/mol. The number of aromatic amines is 1.